The second-order valence-corrected chi connectivity index (χ2v) is 7.45. The molecule has 0 saturated heterocycles. The molecule has 1 aromatic rings. The van der Waals surface area contributed by atoms with Gasteiger partial charge in [-0.25, -0.2) is 12.8 Å². The number of sulfone groups is 1. The molecule has 23 heavy (non-hydrogen) atoms. The lowest BCUT2D eigenvalue weighted by Gasteiger charge is -2.27. The average molecular weight is 336 g/mol. The monoisotopic (exact) mass is 336 g/mol. The van der Waals surface area contributed by atoms with Gasteiger partial charge in [0.1, 0.15) is 12.4 Å². The fourth-order valence-electron chi connectivity index (χ4n) is 2.65. The van der Waals surface area contributed by atoms with Gasteiger partial charge >= 0.3 is 0 Å². The number of carbonyl (C=O) groups is 1. The van der Waals surface area contributed by atoms with Crippen LogP contribution in [0.4, 0.5) is 4.39 Å². The Bertz CT molecular complexity index is 736. The van der Waals surface area contributed by atoms with Crippen LogP contribution in [0.15, 0.2) is 41.3 Å². The van der Waals surface area contributed by atoms with E-state index >= 15 is 0 Å². The molecule has 2 atom stereocenters. The van der Waals surface area contributed by atoms with E-state index in [1.807, 2.05) is 18.2 Å². The van der Waals surface area contributed by atoms with E-state index in [9.17, 15) is 17.6 Å². The van der Waals surface area contributed by atoms with Crippen molar-refractivity contribution >= 4 is 15.7 Å². The van der Waals surface area contributed by atoms with Crippen molar-refractivity contribution in [3.8, 4) is 6.07 Å². The lowest BCUT2D eigenvalue weighted by molar-refractivity contribution is -0.126. The smallest absolute Gasteiger partial charge is 0.224 e. The predicted octanol–water partition coefficient (Wildman–Crippen LogP) is 1.82. The average Bonchev–Trinajstić information content (AvgIpc) is 2.53. The molecule has 0 radical (unpaired) electrons. The minimum absolute atomic E-state index is 0.0460. The molecular weight excluding hydrogens is 319 g/mol. The van der Waals surface area contributed by atoms with E-state index in [2.05, 4.69) is 5.32 Å². The van der Waals surface area contributed by atoms with Crippen LogP contribution in [0.2, 0.25) is 0 Å². The van der Waals surface area contributed by atoms with Crippen molar-refractivity contribution in [3.05, 3.63) is 42.2 Å². The summed E-state index contributed by atoms with van der Waals surface area (Å²) < 4.78 is 37.9. The quantitative estimate of drug-likeness (QED) is 0.505. The summed E-state index contributed by atoms with van der Waals surface area (Å²) in [5.74, 6) is -1.85. The highest BCUT2D eigenvalue weighted by atomic mass is 32.2. The normalized spacial score (nSPS) is 20.7. The highest BCUT2D eigenvalue weighted by molar-refractivity contribution is 7.91. The molecule has 5 nitrogen and oxygen atoms in total. The minimum atomic E-state index is -3.61. The molecule has 2 unspecified atom stereocenters. The number of rotatable bonds is 5. The van der Waals surface area contributed by atoms with Gasteiger partial charge in [-0.15, -0.1) is 0 Å². The second kappa shape index (κ2) is 7.38. The first-order valence-corrected chi connectivity index (χ1v) is 8.87. The van der Waals surface area contributed by atoms with E-state index in [1.54, 1.807) is 0 Å². The molecule has 0 bridgehead atoms. The lowest BCUT2D eigenvalue weighted by atomic mass is 9.83. The van der Waals surface area contributed by atoms with Gasteiger partial charge in [0, 0.05) is 5.92 Å². The summed E-state index contributed by atoms with van der Waals surface area (Å²) in [6.07, 6.45) is 4.63. The Labute approximate surface area is 134 Å². The molecule has 1 amide bonds. The molecule has 0 aliphatic heterocycles. The molecule has 0 saturated carbocycles. The van der Waals surface area contributed by atoms with Crippen molar-refractivity contribution < 1.29 is 17.6 Å². The topological polar surface area (TPSA) is 87.0 Å². The minimum Gasteiger partial charge on any atom is -0.343 e. The van der Waals surface area contributed by atoms with Crippen molar-refractivity contribution in [2.45, 2.75) is 17.7 Å². The zero-order valence-electron chi connectivity index (χ0n) is 12.4. The fourth-order valence-corrected chi connectivity index (χ4v) is 4.33. The third-order valence-corrected chi connectivity index (χ3v) is 5.71. The summed E-state index contributed by atoms with van der Waals surface area (Å²) in [6.45, 7) is -0.101. The van der Waals surface area contributed by atoms with Crippen LogP contribution in [0.5, 0.6) is 0 Å². The van der Waals surface area contributed by atoms with Gasteiger partial charge in [-0.3, -0.25) is 4.79 Å². The van der Waals surface area contributed by atoms with Crippen LogP contribution < -0.4 is 5.32 Å². The van der Waals surface area contributed by atoms with Crippen molar-refractivity contribution in [2.24, 2.45) is 11.8 Å². The van der Waals surface area contributed by atoms with Gasteiger partial charge in [-0.05, 0) is 43.0 Å². The van der Waals surface area contributed by atoms with Gasteiger partial charge in [0.2, 0.25) is 5.91 Å². The highest BCUT2D eigenvalue weighted by Gasteiger charge is 2.32. The number of nitriles is 1. The van der Waals surface area contributed by atoms with Crippen LogP contribution in [0.25, 0.3) is 0 Å². The van der Waals surface area contributed by atoms with Crippen molar-refractivity contribution in [1.82, 2.24) is 5.32 Å². The molecule has 2 rings (SSSR count). The van der Waals surface area contributed by atoms with E-state index in [-0.39, 0.29) is 29.0 Å². The van der Waals surface area contributed by atoms with Crippen LogP contribution >= 0.6 is 0 Å². The number of hydrogen-bond acceptors (Lipinski definition) is 4. The lowest BCUT2D eigenvalue weighted by Crippen LogP contribution is -2.38. The summed E-state index contributed by atoms with van der Waals surface area (Å²) in [5.41, 5.74) is 0. The summed E-state index contributed by atoms with van der Waals surface area (Å²) >= 11 is 0. The number of nitrogens with zero attached hydrogens (tertiary/aromatic N) is 1. The van der Waals surface area contributed by atoms with Crippen LogP contribution in [0.1, 0.15) is 12.8 Å². The standard InChI is InChI=1S/C16H17FN2O3S/c17-13-5-7-14(8-6-13)23(21,22)11-12-3-1-2-4-15(12)16(20)19-10-9-18/h1-2,5-8,12,15H,3-4,10-11H2,(H,19,20). The van der Waals surface area contributed by atoms with E-state index in [1.165, 1.54) is 12.1 Å². The Morgan fingerprint density at radius 2 is 1.91 bits per heavy atom. The van der Waals surface area contributed by atoms with Gasteiger partial charge in [-0.1, -0.05) is 12.2 Å². The summed E-state index contributed by atoms with van der Waals surface area (Å²) in [7, 11) is -3.61. The van der Waals surface area contributed by atoms with Gasteiger partial charge < -0.3 is 5.32 Å². The number of allylic oxidation sites excluding steroid dienone is 2. The Kier molecular flexibility index (Phi) is 5.50. The number of amides is 1. The third kappa shape index (κ3) is 4.39. The molecule has 0 heterocycles. The molecule has 0 spiro atoms. The summed E-state index contributed by atoms with van der Waals surface area (Å²) in [5, 5.41) is 11.0. The molecule has 1 aliphatic carbocycles. The highest BCUT2D eigenvalue weighted by Crippen LogP contribution is 2.29. The van der Waals surface area contributed by atoms with Crippen LogP contribution in [0.3, 0.4) is 0 Å². The SMILES string of the molecule is N#CCNC(=O)C1CC=CCC1CS(=O)(=O)c1ccc(F)cc1. The molecular formula is C16H17FN2O3S. The Morgan fingerprint density at radius 3 is 2.57 bits per heavy atom. The zero-order chi connectivity index (χ0) is 16.9. The van der Waals surface area contributed by atoms with E-state index in [0.717, 1.165) is 12.1 Å². The summed E-state index contributed by atoms with van der Waals surface area (Å²) in [6, 6.07) is 6.49. The van der Waals surface area contributed by atoms with Crippen molar-refractivity contribution in [2.75, 3.05) is 12.3 Å². The third-order valence-electron chi connectivity index (χ3n) is 3.85. The fraction of sp³-hybridized carbons (Fsp3) is 0.375. The first-order chi connectivity index (χ1) is 10.9. The molecule has 0 aromatic heterocycles. The first-order valence-electron chi connectivity index (χ1n) is 7.22. The van der Waals surface area contributed by atoms with Crippen molar-refractivity contribution in [1.29, 1.82) is 5.26 Å². The van der Waals surface area contributed by atoms with E-state index in [4.69, 9.17) is 5.26 Å². The number of halogens is 1. The predicted molar refractivity (Wildman–Crippen MR) is 82.4 cm³/mol. The largest absolute Gasteiger partial charge is 0.343 e. The number of hydrogen-bond donors (Lipinski definition) is 1. The molecule has 7 heteroatoms. The maximum absolute atomic E-state index is 12.9. The molecule has 0 fully saturated rings. The zero-order valence-corrected chi connectivity index (χ0v) is 13.2. The molecule has 1 N–H and O–H groups in total. The Morgan fingerprint density at radius 1 is 1.26 bits per heavy atom. The second-order valence-electron chi connectivity index (χ2n) is 5.42. The number of nitrogens with one attached hydrogen (secondary N) is 1. The maximum Gasteiger partial charge on any atom is 0.224 e. The van der Waals surface area contributed by atoms with Crippen LogP contribution in [-0.4, -0.2) is 26.6 Å². The van der Waals surface area contributed by atoms with E-state index in [0.29, 0.717) is 12.8 Å². The van der Waals surface area contributed by atoms with Gasteiger partial charge in [0.15, 0.2) is 9.84 Å². The van der Waals surface area contributed by atoms with Crippen LogP contribution in [0, 0.1) is 29.0 Å². The van der Waals surface area contributed by atoms with Crippen LogP contribution in [-0.2, 0) is 14.6 Å². The summed E-state index contributed by atoms with van der Waals surface area (Å²) in [4.78, 5) is 12.1. The maximum atomic E-state index is 12.9. The molecule has 122 valence electrons. The number of benzene rings is 1. The van der Waals surface area contributed by atoms with Gasteiger partial charge in [-0.2, -0.15) is 5.26 Å². The molecule has 1 aromatic carbocycles. The van der Waals surface area contributed by atoms with Gasteiger partial charge in [0.25, 0.3) is 0 Å². The Hall–Kier alpha value is -2.20. The van der Waals surface area contributed by atoms with Crippen molar-refractivity contribution in [3.63, 3.8) is 0 Å². The number of carbonyl (C=O) groups excluding carboxylic acids is 1. The Balaban J connectivity index is 2.15. The van der Waals surface area contributed by atoms with E-state index < -0.39 is 21.6 Å². The first kappa shape index (κ1) is 17.2. The van der Waals surface area contributed by atoms with Gasteiger partial charge in [0.05, 0.1) is 16.7 Å². The molecule has 1 aliphatic rings.